The van der Waals surface area contributed by atoms with Gasteiger partial charge in [-0.05, 0) is 23.8 Å². The molecule has 0 unspecified atom stereocenters. The Kier molecular flexibility index (Phi) is 5.25. The van der Waals surface area contributed by atoms with Crippen LogP contribution in [0, 0.1) is 5.82 Å². The molecule has 140 valence electrons. The van der Waals surface area contributed by atoms with Crippen LogP contribution in [0.5, 0.6) is 0 Å². The number of alkyl halides is 2. The van der Waals surface area contributed by atoms with E-state index >= 15 is 0 Å². The van der Waals surface area contributed by atoms with Crippen molar-refractivity contribution in [3.63, 3.8) is 0 Å². The maximum absolute atomic E-state index is 13.5. The average Bonchev–Trinajstić information content (AvgIpc) is 3.04. The van der Waals surface area contributed by atoms with Crippen molar-refractivity contribution < 1.29 is 18.0 Å². The van der Waals surface area contributed by atoms with Gasteiger partial charge >= 0.3 is 0 Å². The minimum Gasteiger partial charge on any atom is -0.340 e. The maximum atomic E-state index is 13.5. The number of carbonyl (C=O) groups excluding carboxylic acids is 1. The van der Waals surface area contributed by atoms with E-state index in [9.17, 15) is 18.0 Å². The molecule has 2 heterocycles. The van der Waals surface area contributed by atoms with Crippen molar-refractivity contribution in [1.29, 1.82) is 0 Å². The van der Waals surface area contributed by atoms with Crippen molar-refractivity contribution >= 4 is 16.9 Å². The van der Waals surface area contributed by atoms with Gasteiger partial charge in [-0.15, -0.1) is 6.58 Å². The van der Waals surface area contributed by atoms with Gasteiger partial charge < -0.3 is 4.90 Å². The number of benzene rings is 1. The molecular weight excluding hydrogens is 357 g/mol. The highest BCUT2D eigenvalue weighted by molar-refractivity contribution is 5.83. The molecule has 5 nitrogen and oxygen atoms in total. The highest BCUT2D eigenvalue weighted by Crippen LogP contribution is 2.29. The normalized spacial score (nSPS) is 11.1. The molecule has 0 aliphatic heterocycles. The molecule has 0 saturated heterocycles. The first-order chi connectivity index (χ1) is 12.9. The first-order valence-corrected chi connectivity index (χ1v) is 8.15. The second kappa shape index (κ2) is 7.61. The predicted octanol–water partition coefficient (Wildman–Crippen LogP) is 3.82. The molecule has 0 N–H and O–H groups in total. The van der Waals surface area contributed by atoms with Crippen LogP contribution in [0.25, 0.3) is 22.2 Å². The molecule has 0 fully saturated rings. The summed E-state index contributed by atoms with van der Waals surface area (Å²) < 4.78 is 40.9. The molecule has 0 spiro atoms. The molecule has 8 heteroatoms. The zero-order chi connectivity index (χ0) is 19.6. The Morgan fingerprint density at radius 3 is 2.78 bits per heavy atom. The summed E-state index contributed by atoms with van der Waals surface area (Å²) in [5, 5.41) is 4.17. The van der Waals surface area contributed by atoms with Gasteiger partial charge in [-0.2, -0.15) is 5.10 Å². The summed E-state index contributed by atoms with van der Waals surface area (Å²) in [6.45, 7) is 4.01. The molecule has 0 aliphatic carbocycles. The molecule has 1 amide bonds. The van der Waals surface area contributed by atoms with Crippen LogP contribution >= 0.6 is 0 Å². The topological polar surface area (TPSA) is 51.0 Å². The van der Waals surface area contributed by atoms with Gasteiger partial charge in [0.1, 0.15) is 17.9 Å². The van der Waals surface area contributed by atoms with Crippen LogP contribution in [0.4, 0.5) is 13.2 Å². The highest BCUT2D eigenvalue weighted by Gasteiger charge is 2.16. The molecule has 0 atom stereocenters. The lowest BCUT2D eigenvalue weighted by Gasteiger charge is -2.15. The minimum atomic E-state index is -2.91. The Morgan fingerprint density at radius 2 is 2.07 bits per heavy atom. The van der Waals surface area contributed by atoms with Gasteiger partial charge in [-0.3, -0.25) is 14.5 Å². The SMILES string of the molecule is C=CCN(C)C(=O)Cn1ncc2ncc(-c3ccc(F)c(C(F)F)c3)cc21. The molecule has 0 aliphatic rings. The summed E-state index contributed by atoms with van der Waals surface area (Å²) in [6, 6.07) is 5.21. The third-order valence-electron chi connectivity index (χ3n) is 4.17. The van der Waals surface area contributed by atoms with Crippen LogP contribution < -0.4 is 0 Å². The number of nitrogens with zero attached hydrogens (tertiary/aromatic N) is 4. The Bertz CT molecular complexity index is 1000. The summed E-state index contributed by atoms with van der Waals surface area (Å²) in [6.07, 6.45) is 1.73. The number of pyridine rings is 1. The van der Waals surface area contributed by atoms with Crippen LogP contribution in [0.1, 0.15) is 12.0 Å². The first-order valence-electron chi connectivity index (χ1n) is 8.15. The summed E-state index contributed by atoms with van der Waals surface area (Å²) in [4.78, 5) is 18.0. The van der Waals surface area contributed by atoms with Crippen molar-refractivity contribution in [2.45, 2.75) is 13.0 Å². The largest absolute Gasteiger partial charge is 0.340 e. The molecule has 3 aromatic rings. The Hall–Kier alpha value is -3.16. The second-order valence-electron chi connectivity index (χ2n) is 6.03. The van der Waals surface area contributed by atoms with E-state index in [1.54, 1.807) is 19.2 Å². The minimum absolute atomic E-state index is 0.00464. The van der Waals surface area contributed by atoms with E-state index < -0.39 is 17.8 Å². The monoisotopic (exact) mass is 374 g/mol. The van der Waals surface area contributed by atoms with E-state index in [0.717, 1.165) is 12.1 Å². The number of hydrogen-bond donors (Lipinski definition) is 0. The van der Waals surface area contributed by atoms with Crippen molar-refractivity contribution in [2.24, 2.45) is 0 Å². The summed E-state index contributed by atoms with van der Waals surface area (Å²) >= 11 is 0. The van der Waals surface area contributed by atoms with E-state index in [1.165, 1.54) is 28.0 Å². The van der Waals surface area contributed by atoms with Gasteiger partial charge in [0, 0.05) is 25.4 Å². The van der Waals surface area contributed by atoms with Gasteiger partial charge in [0.2, 0.25) is 5.91 Å². The van der Waals surface area contributed by atoms with Crippen molar-refractivity contribution in [3.05, 3.63) is 60.7 Å². The number of carbonyl (C=O) groups is 1. The fourth-order valence-electron chi connectivity index (χ4n) is 2.68. The fourth-order valence-corrected chi connectivity index (χ4v) is 2.68. The molecule has 0 radical (unpaired) electrons. The number of likely N-dealkylation sites (N-methyl/N-ethyl adjacent to an activating group) is 1. The third kappa shape index (κ3) is 3.84. The number of rotatable bonds is 6. The molecule has 1 aromatic carbocycles. The zero-order valence-corrected chi connectivity index (χ0v) is 14.6. The van der Waals surface area contributed by atoms with Gasteiger partial charge in [-0.1, -0.05) is 12.1 Å². The molecule has 0 bridgehead atoms. The van der Waals surface area contributed by atoms with Gasteiger partial charge in [0.25, 0.3) is 6.43 Å². The number of hydrogen-bond acceptors (Lipinski definition) is 3. The van der Waals surface area contributed by atoms with Gasteiger partial charge in [0.05, 0.1) is 17.3 Å². The van der Waals surface area contributed by atoms with Crippen molar-refractivity contribution in [3.8, 4) is 11.1 Å². The number of aromatic nitrogens is 3. The molecule has 0 saturated carbocycles. The van der Waals surface area contributed by atoms with Gasteiger partial charge in [0.15, 0.2) is 0 Å². The van der Waals surface area contributed by atoms with Gasteiger partial charge in [-0.25, -0.2) is 13.2 Å². The van der Waals surface area contributed by atoms with E-state index in [0.29, 0.717) is 28.7 Å². The Balaban J connectivity index is 1.97. The predicted molar refractivity (Wildman–Crippen MR) is 95.7 cm³/mol. The lowest BCUT2D eigenvalue weighted by Crippen LogP contribution is -2.30. The Labute approximate surface area is 153 Å². The molecular formula is C19H17F3N4O. The van der Waals surface area contributed by atoms with Crippen LogP contribution in [-0.4, -0.2) is 39.2 Å². The highest BCUT2D eigenvalue weighted by atomic mass is 19.3. The summed E-state index contributed by atoms with van der Waals surface area (Å²) in [5.74, 6) is -1.12. The quantitative estimate of drug-likeness (QED) is 0.617. The lowest BCUT2D eigenvalue weighted by molar-refractivity contribution is -0.130. The zero-order valence-electron chi connectivity index (χ0n) is 14.6. The van der Waals surface area contributed by atoms with Crippen LogP contribution in [0.3, 0.4) is 0 Å². The van der Waals surface area contributed by atoms with E-state index in [2.05, 4.69) is 16.7 Å². The second-order valence-corrected chi connectivity index (χ2v) is 6.03. The van der Waals surface area contributed by atoms with Crippen LogP contribution in [0.2, 0.25) is 0 Å². The maximum Gasteiger partial charge on any atom is 0.266 e. The van der Waals surface area contributed by atoms with E-state index in [-0.39, 0.29) is 12.5 Å². The molecule has 3 rings (SSSR count). The third-order valence-corrected chi connectivity index (χ3v) is 4.17. The molecule has 27 heavy (non-hydrogen) atoms. The average molecular weight is 374 g/mol. The van der Waals surface area contributed by atoms with Crippen molar-refractivity contribution in [2.75, 3.05) is 13.6 Å². The standard InChI is InChI=1S/C19H17F3N4O/c1-3-6-25(2)18(27)11-26-17-8-13(9-23-16(17)10-24-26)12-4-5-15(20)14(7-12)19(21)22/h3-5,7-10,19H,1,6,11H2,2H3. The first kappa shape index (κ1) is 18.6. The smallest absolute Gasteiger partial charge is 0.266 e. The van der Waals surface area contributed by atoms with Crippen LogP contribution in [0.15, 0.2) is 49.3 Å². The van der Waals surface area contributed by atoms with Crippen LogP contribution in [-0.2, 0) is 11.3 Å². The molecule has 2 aromatic heterocycles. The van der Waals surface area contributed by atoms with E-state index in [4.69, 9.17) is 0 Å². The van der Waals surface area contributed by atoms with Crippen molar-refractivity contribution in [1.82, 2.24) is 19.7 Å². The summed E-state index contributed by atoms with van der Waals surface area (Å²) in [7, 11) is 1.66. The fraction of sp³-hybridized carbons (Fsp3) is 0.211. The number of halogens is 3. The van der Waals surface area contributed by atoms with E-state index in [1.807, 2.05) is 0 Å². The Morgan fingerprint density at radius 1 is 1.30 bits per heavy atom. The lowest BCUT2D eigenvalue weighted by atomic mass is 10.0. The number of fused-ring (bicyclic) bond motifs is 1. The summed E-state index contributed by atoms with van der Waals surface area (Å²) in [5.41, 5.74) is 1.41. The number of amides is 1.